The molecule has 3 fully saturated rings. The molecule has 2 aromatic rings. The predicted octanol–water partition coefficient (Wildman–Crippen LogP) is 11.1. The van der Waals surface area contributed by atoms with E-state index in [1.165, 1.54) is 87.0 Å². The average molecular weight is 905 g/mol. The molecule has 6 rings (SSSR count). The molecular weight excluding hydrogens is 844 g/mol. The van der Waals surface area contributed by atoms with Crippen LogP contribution in [-0.2, 0) is 65.4 Å². The topological polar surface area (TPSA) is 6.48 Å². The van der Waals surface area contributed by atoms with E-state index in [9.17, 15) is 0 Å². The predicted molar refractivity (Wildman–Crippen MR) is 212 cm³/mol. The summed E-state index contributed by atoms with van der Waals surface area (Å²) in [4.78, 5) is 4.74. The molecule has 0 unspecified atom stereocenters. The van der Waals surface area contributed by atoms with Crippen LogP contribution in [0.5, 0.6) is 0 Å². The summed E-state index contributed by atoms with van der Waals surface area (Å²) < 4.78 is 2.55. The summed E-state index contributed by atoms with van der Waals surface area (Å²) in [6.07, 6.45) is 16.0. The monoisotopic (exact) mass is 902 g/mol. The number of hydrogen-bond donors (Lipinski definition) is 0. The van der Waals surface area contributed by atoms with Crippen molar-refractivity contribution >= 4 is 57.8 Å². The van der Waals surface area contributed by atoms with Crippen LogP contribution >= 0.6 is 46.4 Å². The fraction of sp³-hybridized carbons (Fsp3) is 0.538. The zero-order valence-electron chi connectivity index (χ0n) is 29.4. The first-order valence-corrected chi connectivity index (χ1v) is 18.7. The van der Waals surface area contributed by atoms with Crippen molar-refractivity contribution in [3.8, 4) is 0 Å². The molecular formula is C39H60Cl4N4Y2. The first-order valence-electron chi connectivity index (χ1n) is 17.2. The van der Waals surface area contributed by atoms with Gasteiger partial charge in [-0.1, -0.05) is 92.7 Å². The Labute approximate surface area is 370 Å². The Hall–Kier alpha value is 0.678. The minimum Gasteiger partial charge on any atom is -0.359 e. The van der Waals surface area contributed by atoms with Gasteiger partial charge in [-0.25, -0.2) is 19.1 Å². The van der Waals surface area contributed by atoms with Crippen molar-refractivity contribution in [1.82, 2.24) is 0 Å². The van der Waals surface area contributed by atoms with Crippen LogP contribution in [0.3, 0.4) is 0 Å². The van der Waals surface area contributed by atoms with Crippen molar-refractivity contribution in [3.63, 3.8) is 0 Å². The maximum Gasteiger partial charge on any atom is 0.0979 e. The third kappa shape index (κ3) is 15.5. The van der Waals surface area contributed by atoms with Crippen LogP contribution in [0.25, 0.3) is 0 Å². The zero-order valence-corrected chi connectivity index (χ0v) is 38.1. The number of unbranched alkanes of at least 4 members (excludes halogenated alkanes) is 2. The van der Waals surface area contributed by atoms with Crippen molar-refractivity contribution < 1.29 is 74.4 Å². The molecule has 10 heteroatoms. The SMILES string of the molecule is C.Clc1cccc(N2CC[N+]3(CC=CC3)CC2)c1Cl.Clc1cccc(N2CC[N+]3(CCCC3)CC2)c1Cl.[CH2-]/C=C\CC.[CH2-]CCCC.[Y].[Y]. The van der Waals surface area contributed by atoms with E-state index >= 15 is 0 Å². The van der Waals surface area contributed by atoms with Crippen molar-refractivity contribution in [2.45, 2.75) is 59.8 Å². The largest absolute Gasteiger partial charge is 0.359 e. The maximum absolute atomic E-state index is 6.30. The molecule has 0 aliphatic carbocycles. The normalized spacial score (nSPS) is 18.2. The Morgan fingerprint density at radius 1 is 0.694 bits per heavy atom. The summed E-state index contributed by atoms with van der Waals surface area (Å²) in [5.41, 5.74) is 2.18. The van der Waals surface area contributed by atoms with Gasteiger partial charge in [-0.05, 0) is 36.4 Å². The van der Waals surface area contributed by atoms with E-state index in [4.69, 9.17) is 46.4 Å². The number of anilines is 2. The Morgan fingerprint density at radius 3 is 1.45 bits per heavy atom. The van der Waals surface area contributed by atoms with Gasteiger partial charge in [0, 0.05) is 78.3 Å². The molecule has 4 heterocycles. The second-order valence-electron chi connectivity index (χ2n) is 12.8. The second-order valence-corrected chi connectivity index (χ2v) is 14.3. The fourth-order valence-electron chi connectivity index (χ4n) is 6.64. The van der Waals surface area contributed by atoms with Crippen LogP contribution < -0.4 is 9.80 Å². The molecule has 2 spiro atoms. The van der Waals surface area contributed by atoms with Gasteiger partial charge in [0.15, 0.2) is 0 Å². The molecule has 4 aliphatic rings. The molecule has 4 nitrogen and oxygen atoms in total. The molecule has 2 radical (unpaired) electrons. The van der Waals surface area contributed by atoms with Gasteiger partial charge in [0.2, 0.25) is 0 Å². The van der Waals surface area contributed by atoms with Crippen molar-refractivity contribution in [3.05, 3.63) is 94.6 Å². The van der Waals surface area contributed by atoms with E-state index in [1.54, 1.807) is 6.08 Å². The Bertz CT molecular complexity index is 1160. The number of allylic oxidation sites excluding steroid dienone is 2. The van der Waals surface area contributed by atoms with Gasteiger partial charge in [-0.2, -0.15) is 6.42 Å². The van der Waals surface area contributed by atoms with Crippen LogP contribution in [0, 0.1) is 13.8 Å². The van der Waals surface area contributed by atoms with Gasteiger partial charge in [0.05, 0.1) is 110 Å². The van der Waals surface area contributed by atoms with Gasteiger partial charge in [-0.3, -0.25) is 0 Å². The average Bonchev–Trinajstić information content (AvgIpc) is 3.73. The van der Waals surface area contributed by atoms with E-state index < -0.39 is 0 Å². The van der Waals surface area contributed by atoms with Crippen molar-refractivity contribution in [2.24, 2.45) is 0 Å². The maximum atomic E-state index is 6.30. The van der Waals surface area contributed by atoms with E-state index in [0.29, 0.717) is 20.1 Å². The number of nitrogens with zero attached hydrogens (tertiary/aromatic N) is 4. The Kier molecular flexibility index (Phi) is 26.8. The molecule has 4 aliphatic heterocycles. The minimum atomic E-state index is 0. The van der Waals surface area contributed by atoms with E-state index in [2.05, 4.69) is 61.8 Å². The van der Waals surface area contributed by atoms with Crippen LogP contribution in [0.4, 0.5) is 11.4 Å². The molecule has 0 N–H and O–H groups in total. The summed E-state index contributed by atoms with van der Waals surface area (Å²) in [5, 5.41) is 2.69. The van der Waals surface area contributed by atoms with Gasteiger partial charge in [0.1, 0.15) is 0 Å². The second kappa shape index (κ2) is 26.5. The van der Waals surface area contributed by atoms with E-state index in [-0.39, 0.29) is 72.8 Å². The number of quaternary nitrogens is 2. The molecule has 0 amide bonds. The van der Waals surface area contributed by atoms with Crippen LogP contribution in [-0.4, -0.2) is 87.5 Å². The Balaban J connectivity index is 0.000000707. The molecule has 0 atom stereocenters. The number of benzene rings is 2. The molecule has 0 saturated carbocycles. The summed E-state index contributed by atoms with van der Waals surface area (Å²) in [6.45, 7) is 25.7. The number of rotatable bonds is 5. The third-order valence-electron chi connectivity index (χ3n) is 9.59. The van der Waals surface area contributed by atoms with Gasteiger partial charge >= 0.3 is 0 Å². The van der Waals surface area contributed by atoms with E-state index in [1.807, 2.05) is 30.3 Å². The van der Waals surface area contributed by atoms with E-state index in [0.717, 1.165) is 50.4 Å². The van der Waals surface area contributed by atoms with Crippen LogP contribution in [0.2, 0.25) is 20.1 Å². The molecule has 3 saturated heterocycles. The zero-order chi connectivity index (χ0) is 33.4. The van der Waals surface area contributed by atoms with Crippen LogP contribution in [0.15, 0.2) is 60.7 Å². The number of hydrogen-bond acceptors (Lipinski definition) is 2. The quantitative estimate of drug-likeness (QED) is 0.168. The van der Waals surface area contributed by atoms with Crippen molar-refractivity contribution in [2.75, 3.05) is 88.3 Å². The molecule has 49 heavy (non-hydrogen) atoms. The van der Waals surface area contributed by atoms with Gasteiger partial charge in [-0.15, -0.1) is 6.42 Å². The molecule has 0 bridgehead atoms. The fourth-order valence-corrected chi connectivity index (χ4v) is 7.47. The standard InChI is InChI=1S/C14H19Cl2N2.C14H17Cl2N2.C5H11.C5H9.CH4.2Y/c2*15-12-4-3-5-13(14(12)16)17-6-10-18(11-7-17)8-1-2-9-18;2*1-3-5-4-2;;;/h3-5H,1-2,6-11H2;1-5H,6-11H2;1,3-5H2,2H3;3,5H,1,4H2,2H3;1H4;;/q2*+1;2*-1;;;/b;;;5-3-;;;. The first-order chi connectivity index (χ1) is 22.2. The Morgan fingerprint density at radius 2 is 1.12 bits per heavy atom. The molecule has 2 aromatic carbocycles. The third-order valence-corrected chi connectivity index (χ3v) is 11.2. The van der Waals surface area contributed by atoms with Gasteiger partial charge in [0.25, 0.3) is 0 Å². The summed E-state index contributed by atoms with van der Waals surface area (Å²) in [6, 6.07) is 11.8. The summed E-state index contributed by atoms with van der Waals surface area (Å²) >= 11 is 24.8. The smallest absolute Gasteiger partial charge is 0.0979 e. The number of piperazine rings is 2. The first kappa shape index (κ1) is 49.7. The summed E-state index contributed by atoms with van der Waals surface area (Å²) in [7, 11) is 0. The molecule has 270 valence electrons. The number of halogens is 4. The molecule has 0 aromatic heterocycles. The minimum absolute atomic E-state index is 0. The van der Waals surface area contributed by atoms with Crippen molar-refractivity contribution in [1.29, 1.82) is 0 Å². The van der Waals surface area contributed by atoms with Crippen LogP contribution in [0.1, 0.15) is 59.8 Å². The summed E-state index contributed by atoms with van der Waals surface area (Å²) in [5.74, 6) is 0. The van der Waals surface area contributed by atoms with Gasteiger partial charge < -0.3 is 25.7 Å².